The van der Waals surface area contributed by atoms with Crippen molar-refractivity contribution in [2.45, 2.75) is 60.8 Å². The molecule has 0 radical (unpaired) electrons. The van der Waals surface area contributed by atoms with Crippen molar-refractivity contribution in [3.05, 3.63) is 83.4 Å². The number of carbonyl (C=O) groups excluding carboxylic acids is 2. The lowest BCUT2D eigenvalue weighted by molar-refractivity contribution is -0.117. The number of hydrogen-bond acceptors (Lipinski definition) is 9. The van der Waals surface area contributed by atoms with Crippen LogP contribution in [0.15, 0.2) is 66.7 Å². The third-order valence-corrected chi connectivity index (χ3v) is 8.01. The molecule has 1 aliphatic heterocycles. The van der Waals surface area contributed by atoms with Gasteiger partial charge in [-0.15, -0.1) is 0 Å². The highest BCUT2D eigenvalue weighted by Crippen LogP contribution is 2.20. The molecule has 3 aromatic rings. The number of rotatable bonds is 16. The first-order valence-electron chi connectivity index (χ1n) is 18.0. The molecule has 0 spiro atoms. The summed E-state index contributed by atoms with van der Waals surface area (Å²) in [6.07, 6.45) is 3.30. The second kappa shape index (κ2) is 24.9. The topological polar surface area (TPSA) is 116 Å². The SMILES string of the molecule is CCCCOc1ccc(OCCCN2CCOCC2)cc1.CCN(CC)CC(=O)Nc1c(C)cccc1C.CCOC(=O)c1ccc(N)cc1. The summed E-state index contributed by atoms with van der Waals surface area (Å²) in [6.45, 7) is 21.2. The smallest absolute Gasteiger partial charge is 0.338 e. The van der Waals surface area contributed by atoms with E-state index in [-0.39, 0.29) is 11.9 Å². The van der Waals surface area contributed by atoms with Gasteiger partial charge < -0.3 is 30.0 Å². The maximum absolute atomic E-state index is 11.9. The molecule has 50 heavy (non-hydrogen) atoms. The van der Waals surface area contributed by atoms with Crippen molar-refractivity contribution in [2.24, 2.45) is 0 Å². The van der Waals surface area contributed by atoms with Crippen LogP contribution in [0.2, 0.25) is 0 Å². The molecule has 0 aliphatic carbocycles. The number of nitrogens with one attached hydrogen (secondary N) is 1. The number of esters is 1. The molecule has 0 unspecified atom stereocenters. The van der Waals surface area contributed by atoms with Crippen LogP contribution in [0.25, 0.3) is 0 Å². The first-order chi connectivity index (χ1) is 24.2. The van der Waals surface area contributed by atoms with Crippen LogP contribution in [0.4, 0.5) is 11.4 Å². The number of amides is 1. The van der Waals surface area contributed by atoms with E-state index in [4.69, 9.17) is 24.7 Å². The molecule has 10 heteroatoms. The summed E-state index contributed by atoms with van der Waals surface area (Å²) >= 11 is 0. The number of morpholine rings is 1. The zero-order valence-electron chi connectivity index (χ0n) is 31.2. The predicted molar refractivity (Wildman–Crippen MR) is 203 cm³/mol. The molecule has 0 saturated carbocycles. The summed E-state index contributed by atoms with van der Waals surface area (Å²) < 4.78 is 21.5. The van der Waals surface area contributed by atoms with Gasteiger partial charge in [0.25, 0.3) is 0 Å². The quantitative estimate of drug-likeness (QED) is 0.0931. The number of benzene rings is 3. The standard InChI is InChI=1S/C17H27NO3.C14H22N2O.C9H11NO2/c1-2-3-12-20-16-5-7-17(8-6-16)21-13-4-9-18-10-14-19-15-11-18;1-5-16(6-2)10-13(17)15-14-11(3)8-7-9-12(14)4;1-2-12-9(11)7-3-5-8(10)6-4-7/h5-8H,2-4,9-15H2,1H3;7-9H,5-6,10H2,1-4H3,(H,15,17);3-6H,2,10H2,1H3. The van der Waals surface area contributed by atoms with Crippen molar-refractivity contribution in [1.82, 2.24) is 9.80 Å². The van der Waals surface area contributed by atoms with Gasteiger partial charge in [0.2, 0.25) is 5.91 Å². The van der Waals surface area contributed by atoms with E-state index in [1.165, 1.54) is 0 Å². The van der Waals surface area contributed by atoms with Gasteiger partial charge in [-0.1, -0.05) is 45.4 Å². The average molecular weight is 693 g/mol. The van der Waals surface area contributed by atoms with E-state index in [2.05, 4.69) is 35.9 Å². The molecule has 1 heterocycles. The van der Waals surface area contributed by atoms with E-state index in [1.54, 1.807) is 31.2 Å². The number of likely N-dealkylation sites (N-methyl/N-ethyl adjacent to an activating group) is 1. The lowest BCUT2D eigenvalue weighted by Gasteiger charge is -2.26. The molecule has 1 amide bonds. The number of nitrogens with two attached hydrogens (primary N) is 1. The fraction of sp³-hybridized carbons (Fsp3) is 0.500. The molecule has 10 nitrogen and oxygen atoms in total. The number of nitrogen functional groups attached to an aromatic ring is 1. The Morgan fingerprint density at radius 3 is 1.90 bits per heavy atom. The zero-order valence-corrected chi connectivity index (χ0v) is 31.2. The van der Waals surface area contributed by atoms with Crippen LogP contribution in [-0.2, 0) is 14.3 Å². The third-order valence-electron chi connectivity index (χ3n) is 8.01. The van der Waals surface area contributed by atoms with Crippen LogP contribution in [0, 0.1) is 13.8 Å². The average Bonchev–Trinajstić information content (AvgIpc) is 3.13. The molecule has 3 N–H and O–H groups in total. The van der Waals surface area contributed by atoms with Gasteiger partial charge in [-0.05, 0) is 106 Å². The summed E-state index contributed by atoms with van der Waals surface area (Å²) in [6, 6.07) is 20.6. The summed E-state index contributed by atoms with van der Waals surface area (Å²) in [5.74, 6) is 1.59. The lowest BCUT2D eigenvalue weighted by atomic mass is 10.1. The molecule has 1 aliphatic rings. The summed E-state index contributed by atoms with van der Waals surface area (Å²) in [5, 5.41) is 3.00. The fourth-order valence-corrected chi connectivity index (χ4v) is 4.94. The van der Waals surface area contributed by atoms with Crippen molar-refractivity contribution in [3.8, 4) is 11.5 Å². The van der Waals surface area contributed by atoms with Crippen molar-refractivity contribution < 1.29 is 28.5 Å². The number of para-hydroxylation sites is 1. The number of ether oxygens (including phenoxy) is 4. The molecule has 276 valence electrons. The highest BCUT2D eigenvalue weighted by Gasteiger charge is 2.11. The molecule has 1 saturated heterocycles. The molecular weight excluding hydrogens is 632 g/mol. The molecule has 4 rings (SSSR count). The van der Waals surface area contributed by atoms with E-state index in [0.29, 0.717) is 24.4 Å². The van der Waals surface area contributed by atoms with Crippen LogP contribution in [0.3, 0.4) is 0 Å². The Hall–Kier alpha value is -4.12. The van der Waals surface area contributed by atoms with E-state index < -0.39 is 0 Å². The molecule has 1 fully saturated rings. The Morgan fingerprint density at radius 1 is 0.820 bits per heavy atom. The van der Waals surface area contributed by atoms with Crippen LogP contribution in [-0.4, -0.2) is 94.0 Å². The van der Waals surface area contributed by atoms with Crippen molar-refractivity contribution in [1.29, 1.82) is 0 Å². The minimum atomic E-state index is -0.308. The first-order valence-corrected chi connectivity index (χ1v) is 18.0. The maximum atomic E-state index is 11.9. The number of nitrogens with zero attached hydrogens (tertiary/aromatic N) is 2. The molecule has 0 aromatic heterocycles. The second-order valence-electron chi connectivity index (χ2n) is 11.9. The van der Waals surface area contributed by atoms with E-state index in [1.807, 2.05) is 56.3 Å². The predicted octanol–water partition coefficient (Wildman–Crippen LogP) is 7.00. The Labute approximate surface area is 300 Å². The maximum Gasteiger partial charge on any atom is 0.338 e. The number of carbonyl (C=O) groups is 2. The van der Waals surface area contributed by atoms with Gasteiger partial charge in [0.1, 0.15) is 11.5 Å². The van der Waals surface area contributed by atoms with E-state index in [9.17, 15) is 9.59 Å². The van der Waals surface area contributed by atoms with Gasteiger partial charge in [0.15, 0.2) is 0 Å². The number of aryl methyl sites for hydroxylation is 2. The Morgan fingerprint density at radius 2 is 1.38 bits per heavy atom. The summed E-state index contributed by atoms with van der Waals surface area (Å²) in [7, 11) is 0. The number of anilines is 2. The van der Waals surface area contributed by atoms with Gasteiger partial charge in [-0.3, -0.25) is 14.6 Å². The normalized spacial score (nSPS) is 12.5. The fourth-order valence-electron chi connectivity index (χ4n) is 4.94. The zero-order chi connectivity index (χ0) is 36.6. The van der Waals surface area contributed by atoms with Gasteiger partial charge in [-0.25, -0.2) is 4.79 Å². The first kappa shape index (κ1) is 42.0. The van der Waals surface area contributed by atoms with Gasteiger partial charge in [-0.2, -0.15) is 0 Å². The van der Waals surface area contributed by atoms with Crippen molar-refractivity contribution >= 4 is 23.3 Å². The van der Waals surface area contributed by atoms with Crippen LogP contribution >= 0.6 is 0 Å². The monoisotopic (exact) mass is 692 g/mol. The van der Waals surface area contributed by atoms with Crippen LogP contribution in [0.1, 0.15) is 68.4 Å². The summed E-state index contributed by atoms with van der Waals surface area (Å²) in [4.78, 5) is 27.5. The van der Waals surface area contributed by atoms with Crippen LogP contribution in [0.5, 0.6) is 11.5 Å². The van der Waals surface area contributed by atoms with Gasteiger partial charge in [0, 0.05) is 31.0 Å². The van der Waals surface area contributed by atoms with Crippen molar-refractivity contribution in [2.75, 3.05) is 83.4 Å². The summed E-state index contributed by atoms with van der Waals surface area (Å²) in [5.41, 5.74) is 9.79. The highest BCUT2D eigenvalue weighted by molar-refractivity contribution is 5.93. The molecular formula is C40H60N4O6. The molecule has 3 aromatic carbocycles. The van der Waals surface area contributed by atoms with E-state index in [0.717, 1.165) is 107 Å². The molecule has 0 atom stereocenters. The van der Waals surface area contributed by atoms with Crippen LogP contribution < -0.4 is 20.5 Å². The number of hydrogen-bond donors (Lipinski definition) is 2. The Kier molecular flexibility index (Phi) is 21.0. The van der Waals surface area contributed by atoms with Gasteiger partial charge >= 0.3 is 5.97 Å². The largest absolute Gasteiger partial charge is 0.494 e. The highest BCUT2D eigenvalue weighted by atomic mass is 16.5. The second-order valence-corrected chi connectivity index (χ2v) is 11.9. The lowest BCUT2D eigenvalue weighted by Crippen LogP contribution is -2.37. The minimum Gasteiger partial charge on any atom is -0.494 e. The Bertz CT molecular complexity index is 1340. The van der Waals surface area contributed by atoms with E-state index >= 15 is 0 Å². The molecule has 0 bridgehead atoms. The van der Waals surface area contributed by atoms with Crippen molar-refractivity contribution in [3.63, 3.8) is 0 Å². The minimum absolute atomic E-state index is 0.0612. The number of unbranched alkanes of at least 4 members (excludes halogenated alkanes) is 1. The Balaban J connectivity index is 0.000000270. The van der Waals surface area contributed by atoms with Gasteiger partial charge in [0.05, 0.1) is 45.1 Å². The third kappa shape index (κ3) is 17.0.